The number of unbranched alkanes of at least 4 members (excludes halogenated alkanes) is 2. The summed E-state index contributed by atoms with van der Waals surface area (Å²) in [5.41, 5.74) is 0.631. The van der Waals surface area contributed by atoms with Crippen LogP contribution in [0.15, 0.2) is 24.3 Å². The van der Waals surface area contributed by atoms with Crippen molar-refractivity contribution in [1.29, 1.82) is 0 Å². The van der Waals surface area contributed by atoms with E-state index in [0.29, 0.717) is 24.5 Å². The second-order valence-corrected chi connectivity index (χ2v) is 5.09. The molecule has 0 saturated carbocycles. The maximum Gasteiger partial charge on any atom is 0.515 e. The van der Waals surface area contributed by atoms with Gasteiger partial charge in [0, 0.05) is 25.8 Å². The van der Waals surface area contributed by atoms with Crippen molar-refractivity contribution in [2.45, 2.75) is 25.7 Å². The molecule has 1 N–H and O–H groups in total. The number of amides is 1. The van der Waals surface area contributed by atoms with E-state index in [4.69, 9.17) is 9.47 Å². The molecule has 0 atom stereocenters. The largest absolute Gasteiger partial charge is 0.515 e. The molecular weight excluding hydrogens is 330 g/mol. The summed E-state index contributed by atoms with van der Waals surface area (Å²) in [5, 5.41) is 2.78. The highest BCUT2D eigenvalue weighted by Gasteiger charge is 2.11. The van der Waals surface area contributed by atoms with Gasteiger partial charge in [0.1, 0.15) is 5.75 Å². The van der Waals surface area contributed by atoms with Crippen LogP contribution in [0.3, 0.4) is 0 Å². The molecule has 1 rings (SSSR count). The zero-order chi connectivity index (χ0) is 18.5. The van der Waals surface area contributed by atoms with Crippen molar-refractivity contribution in [3.63, 3.8) is 0 Å². The van der Waals surface area contributed by atoms with E-state index in [1.165, 1.54) is 0 Å². The molecular formula is C17H23NO7. The first-order valence-electron chi connectivity index (χ1n) is 7.85. The molecule has 0 aliphatic heterocycles. The Hall–Kier alpha value is -2.61. The van der Waals surface area contributed by atoms with Gasteiger partial charge >= 0.3 is 12.1 Å². The number of anilines is 1. The predicted molar refractivity (Wildman–Crippen MR) is 89.4 cm³/mol. The summed E-state index contributed by atoms with van der Waals surface area (Å²) >= 11 is 0. The zero-order valence-electron chi connectivity index (χ0n) is 14.4. The molecule has 1 aromatic rings. The zero-order valence-corrected chi connectivity index (χ0v) is 14.4. The molecule has 0 saturated heterocycles. The Kier molecular flexibility index (Phi) is 9.69. The van der Waals surface area contributed by atoms with E-state index >= 15 is 0 Å². The third kappa shape index (κ3) is 9.31. The predicted octanol–water partition coefficient (Wildman–Crippen LogP) is 2.52. The second-order valence-electron chi connectivity index (χ2n) is 5.09. The number of hydrogen-bond acceptors (Lipinski definition) is 7. The van der Waals surface area contributed by atoms with Crippen LogP contribution in [-0.2, 0) is 23.8 Å². The minimum absolute atomic E-state index is 0.0623. The molecule has 25 heavy (non-hydrogen) atoms. The molecule has 8 heteroatoms. The summed E-state index contributed by atoms with van der Waals surface area (Å²) in [6.07, 6.45) is 2.04. The molecule has 8 nitrogen and oxygen atoms in total. The van der Waals surface area contributed by atoms with E-state index in [1.54, 1.807) is 31.4 Å². The van der Waals surface area contributed by atoms with Gasteiger partial charge in [-0.25, -0.2) is 9.59 Å². The van der Waals surface area contributed by atoms with Gasteiger partial charge in [0.2, 0.25) is 5.91 Å². The summed E-state index contributed by atoms with van der Waals surface area (Å²) in [5.74, 6) is -0.523. The van der Waals surface area contributed by atoms with Crippen LogP contribution in [0.5, 0.6) is 5.75 Å². The summed E-state index contributed by atoms with van der Waals surface area (Å²) in [6, 6.07) is 6.51. The third-order valence-corrected chi connectivity index (χ3v) is 3.11. The first-order chi connectivity index (χ1) is 12.0. The second kappa shape index (κ2) is 11.9. The highest BCUT2D eigenvalue weighted by Crippen LogP contribution is 2.16. The Morgan fingerprint density at radius 1 is 1.00 bits per heavy atom. The van der Waals surface area contributed by atoms with E-state index in [1.807, 2.05) is 0 Å². The molecule has 0 heterocycles. The van der Waals surface area contributed by atoms with Crippen molar-refractivity contribution < 1.29 is 33.3 Å². The monoisotopic (exact) mass is 353 g/mol. The van der Waals surface area contributed by atoms with E-state index < -0.39 is 18.7 Å². The highest BCUT2D eigenvalue weighted by molar-refractivity contribution is 5.90. The number of carbonyl (C=O) groups excluding carboxylic acids is 3. The molecule has 1 amide bonds. The average molecular weight is 353 g/mol. The standard InChI is InChI=1S/C17H23NO7/c1-22-11-5-3-4-6-15(19)18-13-7-9-14(10-8-13)24-12-16(20)25-17(21)23-2/h7-10H,3-6,11-12H2,1-2H3,(H,18,19). The molecule has 0 radical (unpaired) electrons. The van der Waals surface area contributed by atoms with Gasteiger partial charge in [-0.1, -0.05) is 6.42 Å². The van der Waals surface area contributed by atoms with E-state index in [2.05, 4.69) is 14.8 Å². The number of hydrogen-bond donors (Lipinski definition) is 1. The SMILES string of the molecule is COCCCCCC(=O)Nc1ccc(OCC(=O)OC(=O)OC)cc1. The average Bonchev–Trinajstić information content (AvgIpc) is 2.61. The van der Waals surface area contributed by atoms with Gasteiger partial charge in [-0.15, -0.1) is 0 Å². The van der Waals surface area contributed by atoms with Gasteiger partial charge < -0.3 is 24.3 Å². The van der Waals surface area contributed by atoms with Crippen molar-refractivity contribution in [2.24, 2.45) is 0 Å². The van der Waals surface area contributed by atoms with Crippen molar-refractivity contribution in [3.8, 4) is 5.75 Å². The molecule has 1 aromatic carbocycles. The van der Waals surface area contributed by atoms with Gasteiger partial charge in [-0.3, -0.25) is 4.79 Å². The van der Waals surface area contributed by atoms with Crippen LogP contribution in [0.2, 0.25) is 0 Å². The van der Waals surface area contributed by atoms with Gasteiger partial charge in [0.25, 0.3) is 0 Å². The Labute approximate surface area is 146 Å². The highest BCUT2D eigenvalue weighted by atomic mass is 16.7. The maximum absolute atomic E-state index is 11.8. The lowest BCUT2D eigenvalue weighted by Crippen LogP contribution is -2.19. The number of carbonyl (C=O) groups is 3. The number of methoxy groups -OCH3 is 2. The summed E-state index contributed by atoms with van der Waals surface area (Å²) < 4.78 is 18.6. The van der Waals surface area contributed by atoms with Gasteiger partial charge in [-0.05, 0) is 37.1 Å². The molecule has 0 bridgehead atoms. The summed E-state index contributed by atoms with van der Waals surface area (Å²) in [7, 11) is 2.76. The molecule has 0 aromatic heterocycles. The first kappa shape index (κ1) is 20.4. The van der Waals surface area contributed by atoms with Crippen molar-refractivity contribution in [2.75, 3.05) is 32.8 Å². The minimum atomic E-state index is -1.09. The number of esters is 1. The van der Waals surface area contributed by atoms with E-state index in [-0.39, 0.29) is 5.91 Å². The van der Waals surface area contributed by atoms with Crippen LogP contribution in [0.4, 0.5) is 10.5 Å². The maximum atomic E-state index is 11.8. The van der Waals surface area contributed by atoms with Crippen molar-refractivity contribution in [3.05, 3.63) is 24.3 Å². The molecule has 0 aliphatic rings. The Morgan fingerprint density at radius 2 is 1.72 bits per heavy atom. The van der Waals surface area contributed by atoms with Crippen LogP contribution in [0.25, 0.3) is 0 Å². The molecule has 0 fully saturated rings. The Bertz CT molecular complexity index is 557. The number of ether oxygens (including phenoxy) is 4. The quantitative estimate of drug-likeness (QED) is 0.392. The lowest BCUT2D eigenvalue weighted by molar-refractivity contribution is -0.141. The van der Waals surface area contributed by atoms with Gasteiger partial charge in [0.15, 0.2) is 6.61 Å². The topological polar surface area (TPSA) is 100 Å². The smallest absolute Gasteiger partial charge is 0.482 e. The van der Waals surface area contributed by atoms with Gasteiger partial charge in [0.05, 0.1) is 7.11 Å². The fraction of sp³-hybridized carbons (Fsp3) is 0.471. The molecule has 0 aliphatic carbocycles. The lowest BCUT2D eigenvalue weighted by atomic mass is 10.2. The fourth-order valence-electron chi connectivity index (χ4n) is 1.87. The molecule has 0 unspecified atom stereocenters. The summed E-state index contributed by atoms with van der Waals surface area (Å²) in [4.78, 5) is 33.8. The Morgan fingerprint density at radius 3 is 2.36 bits per heavy atom. The normalized spacial score (nSPS) is 10.0. The number of benzene rings is 1. The number of nitrogens with one attached hydrogen (secondary N) is 1. The third-order valence-electron chi connectivity index (χ3n) is 3.11. The fourth-order valence-corrected chi connectivity index (χ4v) is 1.87. The van der Waals surface area contributed by atoms with Crippen molar-refractivity contribution in [1.82, 2.24) is 0 Å². The van der Waals surface area contributed by atoms with E-state index in [9.17, 15) is 14.4 Å². The lowest BCUT2D eigenvalue weighted by Gasteiger charge is -2.08. The number of rotatable bonds is 10. The van der Waals surface area contributed by atoms with E-state index in [0.717, 1.165) is 26.4 Å². The van der Waals surface area contributed by atoms with Crippen LogP contribution in [0.1, 0.15) is 25.7 Å². The van der Waals surface area contributed by atoms with Crippen LogP contribution >= 0.6 is 0 Å². The minimum Gasteiger partial charge on any atom is -0.482 e. The van der Waals surface area contributed by atoms with Crippen molar-refractivity contribution >= 4 is 23.7 Å². The first-order valence-corrected chi connectivity index (χ1v) is 7.85. The van der Waals surface area contributed by atoms with Crippen LogP contribution in [-0.4, -0.2) is 45.5 Å². The van der Waals surface area contributed by atoms with Crippen LogP contribution < -0.4 is 10.1 Å². The Balaban J connectivity index is 2.29. The molecule has 138 valence electrons. The molecule has 0 spiro atoms. The van der Waals surface area contributed by atoms with Crippen LogP contribution in [0, 0.1) is 0 Å². The van der Waals surface area contributed by atoms with Gasteiger partial charge in [-0.2, -0.15) is 0 Å². The summed E-state index contributed by atoms with van der Waals surface area (Å²) in [6.45, 7) is 0.276.